The Morgan fingerprint density at radius 1 is 0.694 bits per heavy atom. The van der Waals surface area contributed by atoms with Crippen molar-refractivity contribution < 1.29 is 4.74 Å². The van der Waals surface area contributed by atoms with E-state index in [4.69, 9.17) is 4.74 Å². The number of allylic oxidation sites excluding steroid dienone is 1. The molecule has 5 aromatic rings. The summed E-state index contributed by atoms with van der Waals surface area (Å²) in [5.41, 5.74) is 11.1. The molecule has 0 aliphatic carbocycles. The second-order valence-electron chi connectivity index (χ2n) is 8.65. The molecule has 0 bridgehead atoms. The van der Waals surface area contributed by atoms with Crippen LogP contribution in [0.5, 0.6) is 0 Å². The maximum Gasteiger partial charge on any atom is 0.118 e. The fourth-order valence-electron chi connectivity index (χ4n) is 4.12. The molecule has 0 amide bonds. The van der Waals surface area contributed by atoms with E-state index in [1.165, 1.54) is 5.56 Å². The molecule has 0 aliphatic rings. The van der Waals surface area contributed by atoms with Gasteiger partial charge >= 0.3 is 0 Å². The van der Waals surface area contributed by atoms with Crippen LogP contribution in [0.2, 0.25) is 0 Å². The van der Waals surface area contributed by atoms with Crippen LogP contribution in [0.25, 0.3) is 56.4 Å². The van der Waals surface area contributed by atoms with Crippen LogP contribution in [-0.4, -0.2) is 27.5 Å². The van der Waals surface area contributed by atoms with E-state index in [9.17, 15) is 0 Å². The highest BCUT2D eigenvalue weighted by molar-refractivity contribution is 5.75. The number of methoxy groups -OCH3 is 1. The van der Waals surface area contributed by atoms with Crippen molar-refractivity contribution in [3.05, 3.63) is 109 Å². The number of hydrogen-bond acceptors (Lipinski definition) is 3. The third kappa shape index (κ3) is 4.64. The first-order valence-electron chi connectivity index (χ1n) is 11.9. The molecule has 178 valence electrons. The molecule has 0 aliphatic heterocycles. The summed E-state index contributed by atoms with van der Waals surface area (Å²) in [6.07, 6.45) is 0.943. The lowest BCUT2D eigenvalue weighted by Gasteiger charge is -2.04. The molecule has 0 atom stereocenters. The van der Waals surface area contributed by atoms with Crippen molar-refractivity contribution >= 4 is 11.3 Å². The molecule has 0 fully saturated rings. The lowest BCUT2D eigenvalue weighted by Crippen LogP contribution is -1.85. The van der Waals surface area contributed by atoms with Gasteiger partial charge in [-0.1, -0.05) is 86.8 Å². The van der Waals surface area contributed by atoms with E-state index in [1.54, 1.807) is 7.11 Å². The van der Waals surface area contributed by atoms with E-state index in [0.29, 0.717) is 5.76 Å². The summed E-state index contributed by atoms with van der Waals surface area (Å²) >= 11 is 0. The first-order chi connectivity index (χ1) is 17.6. The molecule has 0 unspecified atom stereocenters. The normalized spacial score (nSPS) is 10.8. The molecule has 0 radical (unpaired) electrons. The standard InChI is InChI=1S/C31H28N4O/c1-5-20(2)22-9-13-24(14-10-22)28-18-30(34-32-28)26-7-6-8-27(17-26)31-19-29(33-35-31)25-15-11-23(12-16-25)21(3)36-4/h6-19H,2-3,5H2,1,4H3,(H,32,34)(H,33,35). The molecule has 0 saturated carbocycles. The summed E-state index contributed by atoms with van der Waals surface area (Å²) in [6.45, 7) is 10.1. The van der Waals surface area contributed by atoms with Gasteiger partial charge in [0.25, 0.3) is 0 Å². The summed E-state index contributed by atoms with van der Waals surface area (Å²) < 4.78 is 5.21. The highest BCUT2D eigenvalue weighted by Crippen LogP contribution is 2.30. The maximum atomic E-state index is 5.21. The SMILES string of the molecule is C=C(CC)c1ccc(-c2cc(-c3cccc(-c4cc(-c5ccc(C(=C)OC)cc5)[nH]n4)c3)n[nH]2)cc1. The van der Waals surface area contributed by atoms with Gasteiger partial charge in [0.05, 0.1) is 29.9 Å². The van der Waals surface area contributed by atoms with E-state index in [1.807, 2.05) is 30.3 Å². The minimum absolute atomic E-state index is 0.643. The molecular weight excluding hydrogens is 444 g/mol. The molecule has 5 nitrogen and oxygen atoms in total. The third-order valence-corrected chi connectivity index (χ3v) is 6.41. The number of nitrogens with one attached hydrogen (secondary N) is 2. The molecule has 2 N–H and O–H groups in total. The number of nitrogens with zero attached hydrogens (tertiary/aromatic N) is 2. The molecule has 2 aromatic heterocycles. The average Bonchev–Trinajstić information content (AvgIpc) is 3.63. The molecule has 36 heavy (non-hydrogen) atoms. The molecule has 5 rings (SSSR count). The second-order valence-corrected chi connectivity index (χ2v) is 8.65. The van der Waals surface area contributed by atoms with Crippen molar-refractivity contribution in [2.24, 2.45) is 0 Å². The summed E-state index contributed by atoms with van der Waals surface area (Å²) in [5, 5.41) is 15.4. The van der Waals surface area contributed by atoms with Crippen LogP contribution in [0.4, 0.5) is 0 Å². The number of rotatable bonds is 8. The van der Waals surface area contributed by atoms with Gasteiger partial charge in [-0.15, -0.1) is 0 Å². The number of aromatic nitrogens is 4. The Labute approximate surface area is 211 Å². The maximum absolute atomic E-state index is 5.21. The lowest BCUT2D eigenvalue weighted by atomic mass is 10.0. The van der Waals surface area contributed by atoms with E-state index >= 15 is 0 Å². The first-order valence-corrected chi connectivity index (χ1v) is 11.9. The summed E-state index contributed by atoms with van der Waals surface area (Å²) in [7, 11) is 1.62. The largest absolute Gasteiger partial charge is 0.497 e. The Hall–Kier alpha value is -4.64. The van der Waals surface area contributed by atoms with Gasteiger partial charge in [0.1, 0.15) is 5.76 Å². The van der Waals surface area contributed by atoms with E-state index < -0.39 is 0 Å². The molecule has 0 spiro atoms. The van der Waals surface area contributed by atoms with Gasteiger partial charge in [0, 0.05) is 16.7 Å². The Balaban J connectivity index is 1.37. The Morgan fingerprint density at radius 3 is 1.67 bits per heavy atom. The highest BCUT2D eigenvalue weighted by Gasteiger charge is 2.11. The first kappa shape index (κ1) is 23.1. The van der Waals surface area contributed by atoms with E-state index in [-0.39, 0.29) is 0 Å². The topological polar surface area (TPSA) is 66.6 Å². The highest BCUT2D eigenvalue weighted by atomic mass is 16.5. The zero-order valence-corrected chi connectivity index (χ0v) is 20.5. The van der Waals surface area contributed by atoms with Crippen LogP contribution >= 0.6 is 0 Å². The predicted octanol–water partition coefficient (Wildman–Crippen LogP) is 7.84. The third-order valence-electron chi connectivity index (χ3n) is 6.41. The smallest absolute Gasteiger partial charge is 0.118 e. The van der Waals surface area contributed by atoms with Crippen molar-refractivity contribution in [1.29, 1.82) is 0 Å². The van der Waals surface area contributed by atoms with Crippen LogP contribution in [0.1, 0.15) is 24.5 Å². The van der Waals surface area contributed by atoms with E-state index in [2.05, 4.69) is 95.1 Å². The van der Waals surface area contributed by atoms with Crippen LogP contribution in [0.3, 0.4) is 0 Å². The molecule has 2 heterocycles. The van der Waals surface area contributed by atoms with Gasteiger partial charge in [-0.25, -0.2) is 0 Å². The monoisotopic (exact) mass is 472 g/mol. The quantitative estimate of drug-likeness (QED) is 0.226. The van der Waals surface area contributed by atoms with Crippen molar-refractivity contribution in [3.63, 3.8) is 0 Å². The van der Waals surface area contributed by atoms with Crippen LogP contribution < -0.4 is 0 Å². The average molecular weight is 473 g/mol. The fraction of sp³-hybridized carbons (Fsp3) is 0.0968. The van der Waals surface area contributed by atoms with Crippen molar-refractivity contribution in [2.45, 2.75) is 13.3 Å². The fourth-order valence-corrected chi connectivity index (χ4v) is 4.12. The van der Waals surface area contributed by atoms with Gasteiger partial charge in [-0.3, -0.25) is 10.2 Å². The van der Waals surface area contributed by atoms with Gasteiger partial charge < -0.3 is 4.74 Å². The predicted molar refractivity (Wildman–Crippen MR) is 148 cm³/mol. The Kier molecular flexibility index (Phi) is 6.37. The number of benzene rings is 3. The van der Waals surface area contributed by atoms with Gasteiger partial charge in [0.15, 0.2) is 0 Å². The minimum atomic E-state index is 0.643. The molecule has 5 heteroatoms. The number of H-pyrrole nitrogens is 2. The molecular formula is C31H28N4O. The van der Waals surface area contributed by atoms with Crippen LogP contribution in [-0.2, 0) is 4.74 Å². The van der Waals surface area contributed by atoms with Crippen LogP contribution in [0, 0.1) is 0 Å². The summed E-state index contributed by atoms with van der Waals surface area (Å²) in [6, 6.07) is 28.9. The number of aromatic amines is 2. The Bertz CT molecular complexity index is 1410. The van der Waals surface area contributed by atoms with Crippen LogP contribution in [0.15, 0.2) is 98.1 Å². The lowest BCUT2D eigenvalue weighted by molar-refractivity contribution is 0.371. The van der Waals surface area contributed by atoms with Gasteiger partial charge in [-0.2, -0.15) is 10.2 Å². The van der Waals surface area contributed by atoms with E-state index in [0.717, 1.165) is 62.6 Å². The number of hydrogen-bond donors (Lipinski definition) is 2. The van der Waals surface area contributed by atoms with Gasteiger partial charge in [-0.05, 0) is 46.9 Å². The zero-order chi connectivity index (χ0) is 25.1. The molecule has 0 saturated heterocycles. The number of ether oxygens (including phenoxy) is 1. The van der Waals surface area contributed by atoms with Crippen molar-refractivity contribution in [3.8, 4) is 45.0 Å². The Morgan fingerprint density at radius 2 is 1.19 bits per heavy atom. The second kappa shape index (κ2) is 9.92. The summed E-state index contributed by atoms with van der Waals surface area (Å²) in [5.74, 6) is 0.643. The molecule has 3 aromatic carbocycles. The zero-order valence-electron chi connectivity index (χ0n) is 20.5. The van der Waals surface area contributed by atoms with Gasteiger partial charge in [0.2, 0.25) is 0 Å². The summed E-state index contributed by atoms with van der Waals surface area (Å²) in [4.78, 5) is 0. The van der Waals surface area contributed by atoms with Crippen molar-refractivity contribution in [1.82, 2.24) is 20.4 Å². The minimum Gasteiger partial charge on any atom is -0.497 e. The van der Waals surface area contributed by atoms with Crippen molar-refractivity contribution in [2.75, 3.05) is 7.11 Å².